The lowest BCUT2D eigenvalue weighted by Crippen LogP contribution is -2.30. The minimum atomic E-state index is -1.28. The van der Waals surface area contributed by atoms with Crippen LogP contribution in [0.2, 0.25) is 0 Å². The van der Waals surface area contributed by atoms with Crippen molar-refractivity contribution in [2.24, 2.45) is 0 Å². The second kappa shape index (κ2) is 7.65. The highest BCUT2D eigenvalue weighted by molar-refractivity contribution is 5.98. The van der Waals surface area contributed by atoms with Gasteiger partial charge in [0.1, 0.15) is 17.2 Å². The molecule has 0 radical (unpaired) electrons. The summed E-state index contributed by atoms with van der Waals surface area (Å²) in [6.45, 7) is 2.69. The van der Waals surface area contributed by atoms with Gasteiger partial charge in [0.2, 0.25) is 0 Å². The van der Waals surface area contributed by atoms with Crippen LogP contribution in [0.4, 0.5) is 14.5 Å². The van der Waals surface area contributed by atoms with Crippen LogP contribution in [0.5, 0.6) is 0 Å². The van der Waals surface area contributed by atoms with Gasteiger partial charge in [-0.1, -0.05) is 6.07 Å². The van der Waals surface area contributed by atoms with Gasteiger partial charge in [-0.25, -0.2) is 13.6 Å². The first-order valence-corrected chi connectivity index (χ1v) is 7.36. The van der Waals surface area contributed by atoms with Crippen LogP contribution in [0, 0.1) is 11.6 Å². The molecule has 0 bridgehead atoms. The summed E-state index contributed by atoms with van der Waals surface area (Å²) in [6, 6.07) is 9.04. The average molecular weight is 347 g/mol. The van der Waals surface area contributed by atoms with Crippen LogP contribution in [0.1, 0.15) is 34.6 Å². The van der Waals surface area contributed by atoms with Crippen LogP contribution in [-0.4, -0.2) is 23.8 Å². The summed E-state index contributed by atoms with van der Waals surface area (Å²) >= 11 is 0. The Morgan fingerprint density at radius 2 is 1.56 bits per heavy atom. The number of benzene rings is 2. The summed E-state index contributed by atoms with van der Waals surface area (Å²) in [6.07, 6.45) is -1.28. The van der Waals surface area contributed by atoms with Gasteiger partial charge in [0.25, 0.3) is 5.91 Å². The van der Waals surface area contributed by atoms with E-state index in [4.69, 9.17) is 4.74 Å². The van der Waals surface area contributed by atoms with Gasteiger partial charge in [-0.05, 0) is 50.2 Å². The Morgan fingerprint density at radius 3 is 2.08 bits per heavy atom. The molecule has 0 saturated heterocycles. The third-order valence-electron chi connectivity index (χ3n) is 3.38. The fourth-order valence-electron chi connectivity index (χ4n) is 2.00. The van der Waals surface area contributed by atoms with Gasteiger partial charge in [-0.3, -0.25) is 9.59 Å². The van der Waals surface area contributed by atoms with Crippen molar-refractivity contribution >= 4 is 23.3 Å². The summed E-state index contributed by atoms with van der Waals surface area (Å²) < 4.78 is 31.9. The topological polar surface area (TPSA) is 72.5 Å². The molecule has 1 N–H and O–H groups in total. The zero-order valence-corrected chi connectivity index (χ0v) is 13.5. The molecule has 25 heavy (non-hydrogen) atoms. The first kappa shape index (κ1) is 18.3. The van der Waals surface area contributed by atoms with Crippen molar-refractivity contribution in [3.05, 3.63) is 65.2 Å². The van der Waals surface area contributed by atoms with Crippen molar-refractivity contribution in [1.29, 1.82) is 0 Å². The van der Waals surface area contributed by atoms with Gasteiger partial charge in [0.05, 0.1) is 0 Å². The molecule has 2 aromatic carbocycles. The van der Waals surface area contributed by atoms with E-state index in [9.17, 15) is 23.2 Å². The number of halogens is 2. The molecule has 130 valence electrons. The second-order valence-electron chi connectivity index (χ2n) is 5.27. The van der Waals surface area contributed by atoms with Gasteiger partial charge in [0.15, 0.2) is 11.9 Å². The molecule has 1 unspecified atom stereocenters. The van der Waals surface area contributed by atoms with Crippen LogP contribution in [0.3, 0.4) is 0 Å². The largest absolute Gasteiger partial charge is 0.449 e. The molecule has 0 fully saturated rings. The van der Waals surface area contributed by atoms with Crippen molar-refractivity contribution in [2.75, 3.05) is 5.32 Å². The Bertz CT molecular complexity index is 798. The number of amides is 1. The molecule has 0 aromatic heterocycles. The Balaban J connectivity index is 2.02. The van der Waals surface area contributed by atoms with Crippen LogP contribution < -0.4 is 5.32 Å². The zero-order chi connectivity index (χ0) is 18.6. The highest BCUT2D eigenvalue weighted by Gasteiger charge is 2.24. The quantitative estimate of drug-likeness (QED) is 0.665. The van der Waals surface area contributed by atoms with E-state index in [0.717, 1.165) is 18.2 Å². The summed E-state index contributed by atoms with van der Waals surface area (Å²) in [5, 5.41) is 2.48. The third kappa shape index (κ3) is 4.47. The van der Waals surface area contributed by atoms with E-state index in [-0.39, 0.29) is 5.78 Å². The van der Waals surface area contributed by atoms with Gasteiger partial charge in [0, 0.05) is 11.3 Å². The third-order valence-corrected chi connectivity index (χ3v) is 3.38. The van der Waals surface area contributed by atoms with Crippen molar-refractivity contribution in [2.45, 2.75) is 20.0 Å². The van der Waals surface area contributed by atoms with E-state index >= 15 is 0 Å². The second-order valence-corrected chi connectivity index (χ2v) is 5.27. The molecule has 7 heteroatoms. The summed E-state index contributed by atoms with van der Waals surface area (Å²) in [4.78, 5) is 35.1. The van der Waals surface area contributed by atoms with Crippen molar-refractivity contribution in [3.8, 4) is 0 Å². The predicted octanol–water partition coefficient (Wildman–Crippen LogP) is 3.35. The number of rotatable bonds is 5. The molecular formula is C18H15F2NO4. The number of nitrogens with one attached hydrogen (secondary N) is 1. The maximum absolute atomic E-state index is 13.5. The number of ketones is 1. The molecule has 0 aliphatic rings. The van der Waals surface area contributed by atoms with Crippen LogP contribution in [0.25, 0.3) is 0 Å². The van der Waals surface area contributed by atoms with E-state index in [1.54, 1.807) is 0 Å². The molecule has 0 heterocycles. The number of carbonyl (C=O) groups excluding carboxylic acids is 3. The van der Waals surface area contributed by atoms with Crippen molar-refractivity contribution in [1.82, 2.24) is 0 Å². The van der Waals surface area contributed by atoms with E-state index in [1.807, 2.05) is 0 Å². The highest BCUT2D eigenvalue weighted by atomic mass is 19.1. The molecule has 2 aromatic rings. The Morgan fingerprint density at radius 1 is 1.00 bits per heavy atom. The molecule has 0 aliphatic heterocycles. The van der Waals surface area contributed by atoms with Crippen molar-refractivity contribution < 1.29 is 27.9 Å². The summed E-state index contributed by atoms with van der Waals surface area (Å²) in [5.41, 5.74) is 0.00966. The Kier molecular flexibility index (Phi) is 5.59. The number of anilines is 1. The minimum absolute atomic E-state index is 0.118. The Labute approximate surface area is 142 Å². The molecule has 0 spiro atoms. The number of ether oxygens (including phenoxy) is 1. The number of Topliss-reactive ketones (excluding diaryl/α,β-unsaturated/α-hetero) is 1. The first-order chi connectivity index (χ1) is 11.8. The van der Waals surface area contributed by atoms with Crippen LogP contribution in [-0.2, 0) is 9.53 Å². The SMILES string of the molecule is CC(=O)c1ccc(NC(=O)C(C)OC(=O)c2c(F)cccc2F)cc1. The molecule has 5 nitrogen and oxygen atoms in total. The molecule has 2 rings (SSSR count). The smallest absolute Gasteiger partial charge is 0.344 e. The number of esters is 1. The van der Waals surface area contributed by atoms with E-state index < -0.39 is 35.2 Å². The maximum Gasteiger partial charge on any atom is 0.344 e. The lowest BCUT2D eigenvalue weighted by Gasteiger charge is -2.14. The monoisotopic (exact) mass is 347 g/mol. The average Bonchev–Trinajstić information content (AvgIpc) is 2.55. The first-order valence-electron chi connectivity index (χ1n) is 7.36. The lowest BCUT2D eigenvalue weighted by atomic mass is 10.1. The van der Waals surface area contributed by atoms with Crippen LogP contribution in [0.15, 0.2) is 42.5 Å². The van der Waals surface area contributed by atoms with Gasteiger partial charge >= 0.3 is 5.97 Å². The molecular weight excluding hydrogens is 332 g/mol. The molecule has 1 amide bonds. The van der Waals surface area contributed by atoms with Gasteiger partial charge in [-0.15, -0.1) is 0 Å². The maximum atomic E-state index is 13.5. The standard InChI is InChI=1S/C18H15F2NO4/c1-10(22)12-6-8-13(9-7-12)21-17(23)11(2)25-18(24)16-14(19)4-3-5-15(16)20/h3-9,11H,1-2H3,(H,21,23). The molecule has 0 saturated carbocycles. The fourth-order valence-corrected chi connectivity index (χ4v) is 2.00. The summed E-state index contributed by atoms with van der Waals surface area (Å²) in [5.74, 6) is -4.22. The molecule has 0 aliphatic carbocycles. The Hall–Kier alpha value is -3.09. The minimum Gasteiger partial charge on any atom is -0.449 e. The molecule has 1 atom stereocenters. The zero-order valence-electron chi connectivity index (χ0n) is 13.5. The lowest BCUT2D eigenvalue weighted by molar-refractivity contribution is -0.123. The number of hydrogen-bond donors (Lipinski definition) is 1. The number of hydrogen-bond acceptors (Lipinski definition) is 4. The number of carbonyl (C=O) groups is 3. The summed E-state index contributed by atoms with van der Waals surface area (Å²) in [7, 11) is 0. The highest BCUT2D eigenvalue weighted by Crippen LogP contribution is 2.15. The van der Waals surface area contributed by atoms with E-state index in [2.05, 4.69) is 5.32 Å². The van der Waals surface area contributed by atoms with Crippen molar-refractivity contribution in [3.63, 3.8) is 0 Å². The van der Waals surface area contributed by atoms with E-state index in [0.29, 0.717) is 11.3 Å². The normalized spacial score (nSPS) is 11.5. The van der Waals surface area contributed by atoms with E-state index in [1.165, 1.54) is 38.1 Å². The fraction of sp³-hybridized carbons (Fsp3) is 0.167. The van der Waals surface area contributed by atoms with Gasteiger partial charge in [-0.2, -0.15) is 0 Å². The van der Waals surface area contributed by atoms with Gasteiger partial charge < -0.3 is 10.1 Å². The predicted molar refractivity (Wildman–Crippen MR) is 86.3 cm³/mol. The van der Waals surface area contributed by atoms with Crippen LogP contribution >= 0.6 is 0 Å².